The number of rotatable bonds is 6. The van der Waals surface area contributed by atoms with Gasteiger partial charge in [-0.15, -0.1) is 11.3 Å². The zero-order valence-electron chi connectivity index (χ0n) is 10.1. The summed E-state index contributed by atoms with van der Waals surface area (Å²) in [5.74, 6) is -0.225. The summed E-state index contributed by atoms with van der Waals surface area (Å²) in [5.41, 5.74) is 0.678. The van der Waals surface area contributed by atoms with Crippen LogP contribution in [0.4, 0.5) is 5.00 Å². The first-order valence-electron chi connectivity index (χ1n) is 5.76. The summed E-state index contributed by atoms with van der Waals surface area (Å²) in [5, 5.41) is 4.22. The van der Waals surface area contributed by atoms with E-state index in [0.29, 0.717) is 12.2 Å². The molecule has 4 heteroatoms. The van der Waals surface area contributed by atoms with Gasteiger partial charge in [-0.05, 0) is 25.8 Å². The van der Waals surface area contributed by atoms with Crippen LogP contribution in [0.2, 0.25) is 0 Å². The van der Waals surface area contributed by atoms with E-state index in [1.54, 1.807) is 11.3 Å². The number of anilines is 1. The number of hydrogen-bond donors (Lipinski definition) is 1. The molecular formula is C12H19NO2S. The Labute approximate surface area is 101 Å². The van der Waals surface area contributed by atoms with Gasteiger partial charge < -0.3 is 10.1 Å². The largest absolute Gasteiger partial charge is 0.462 e. The van der Waals surface area contributed by atoms with Crippen molar-refractivity contribution < 1.29 is 9.53 Å². The molecule has 0 bridgehead atoms. The van der Waals surface area contributed by atoms with Crippen LogP contribution in [0.3, 0.4) is 0 Å². The highest BCUT2D eigenvalue weighted by Crippen LogP contribution is 2.29. The lowest BCUT2D eigenvalue weighted by molar-refractivity contribution is 0.0528. The predicted octanol–water partition coefficient (Wildman–Crippen LogP) is 3.31. The molecule has 0 atom stereocenters. The fourth-order valence-corrected chi connectivity index (χ4v) is 2.36. The minimum absolute atomic E-state index is 0.225. The molecule has 16 heavy (non-hydrogen) atoms. The third-order valence-corrected chi connectivity index (χ3v) is 3.40. The molecule has 0 saturated carbocycles. The van der Waals surface area contributed by atoms with E-state index in [2.05, 4.69) is 19.2 Å². The monoisotopic (exact) mass is 241 g/mol. The van der Waals surface area contributed by atoms with Gasteiger partial charge in [0, 0.05) is 11.4 Å². The molecule has 1 aromatic rings. The number of aryl methyl sites for hydroxylation is 1. The maximum absolute atomic E-state index is 11.7. The molecule has 0 fully saturated rings. The Morgan fingerprint density at radius 3 is 2.75 bits per heavy atom. The Bertz CT molecular complexity index is 347. The van der Waals surface area contributed by atoms with E-state index in [9.17, 15) is 4.79 Å². The minimum atomic E-state index is -0.225. The molecule has 0 saturated heterocycles. The van der Waals surface area contributed by atoms with Crippen molar-refractivity contribution in [3.63, 3.8) is 0 Å². The molecule has 0 unspecified atom stereocenters. The van der Waals surface area contributed by atoms with Crippen LogP contribution in [0.1, 0.15) is 42.4 Å². The lowest BCUT2D eigenvalue weighted by Gasteiger charge is -2.05. The highest BCUT2D eigenvalue weighted by atomic mass is 32.1. The summed E-state index contributed by atoms with van der Waals surface area (Å²) in [7, 11) is 0. The molecule has 0 aromatic carbocycles. The van der Waals surface area contributed by atoms with E-state index in [4.69, 9.17) is 4.74 Å². The van der Waals surface area contributed by atoms with Gasteiger partial charge in [0.05, 0.1) is 12.2 Å². The number of ether oxygens (including phenoxy) is 1. The smallest absolute Gasteiger partial charge is 0.341 e. The number of thiophene rings is 1. The molecule has 1 heterocycles. The van der Waals surface area contributed by atoms with Crippen LogP contribution >= 0.6 is 11.3 Å². The Kier molecular flexibility index (Phi) is 5.32. The first kappa shape index (κ1) is 13.0. The van der Waals surface area contributed by atoms with E-state index >= 15 is 0 Å². The van der Waals surface area contributed by atoms with Gasteiger partial charge in [-0.1, -0.05) is 13.8 Å². The van der Waals surface area contributed by atoms with Crippen molar-refractivity contribution in [1.82, 2.24) is 0 Å². The first-order chi connectivity index (χ1) is 7.72. The number of esters is 1. The van der Waals surface area contributed by atoms with Crippen LogP contribution in [-0.2, 0) is 11.2 Å². The van der Waals surface area contributed by atoms with Gasteiger partial charge in [-0.3, -0.25) is 0 Å². The summed E-state index contributed by atoms with van der Waals surface area (Å²) in [6.45, 7) is 7.32. The molecule has 0 radical (unpaired) electrons. The molecule has 1 rings (SSSR count). The summed E-state index contributed by atoms with van der Waals surface area (Å²) < 4.78 is 5.03. The van der Waals surface area contributed by atoms with Crippen LogP contribution in [0.25, 0.3) is 0 Å². The van der Waals surface area contributed by atoms with Crippen molar-refractivity contribution in [1.29, 1.82) is 0 Å². The summed E-state index contributed by atoms with van der Waals surface area (Å²) in [6.07, 6.45) is 1.99. The van der Waals surface area contributed by atoms with Gasteiger partial charge in [0.1, 0.15) is 5.00 Å². The van der Waals surface area contributed by atoms with Crippen molar-refractivity contribution >= 4 is 22.3 Å². The van der Waals surface area contributed by atoms with Crippen molar-refractivity contribution in [3.05, 3.63) is 16.5 Å². The van der Waals surface area contributed by atoms with Crippen molar-refractivity contribution in [3.8, 4) is 0 Å². The molecular weight excluding hydrogens is 222 g/mol. The zero-order chi connectivity index (χ0) is 12.0. The van der Waals surface area contributed by atoms with E-state index in [0.717, 1.165) is 24.4 Å². The predicted molar refractivity (Wildman–Crippen MR) is 68.4 cm³/mol. The Morgan fingerprint density at radius 1 is 1.44 bits per heavy atom. The minimum Gasteiger partial charge on any atom is -0.462 e. The third kappa shape index (κ3) is 3.23. The standard InChI is InChI=1S/C12H19NO2S/c1-4-7-13-11-10(12(14)15-6-3)8-9(5-2)16-11/h8,13H,4-7H2,1-3H3. The van der Waals surface area contributed by atoms with Crippen LogP contribution in [0.5, 0.6) is 0 Å². The van der Waals surface area contributed by atoms with Crippen molar-refractivity contribution in [2.45, 2.75) is 33.6 Å². The zero-order valence-corrected chi connectivity index (χ0v) is 10.9. The molecule has 0 aliphatic heterocycles. The van der Waals surface area contributed by atoms with Crippen LogP contribution in [0, 0.1) is 0 Å². The molecule has 0 amide bonds. The Balaban J connectivity index is 2.86. The summed E-state index contributed by atoms with van der Waals surface area (Å²) in [4.78, 5) is 12.9. The molecule has 3 nitrogen and oxygen atoms in total. The second kappa shape index (κ2) is 6.53. The first-order valence-corrected chi connectivity index (χ1v) is 6.58. The van der Waals surface area contributed by atoms with Crippen LogP contribution in [-0.4, -0.2) is 19.1 Å². The lowest BCUT2D eigenvalue weighted by Crippen LogP contribution is -2.07. The lowest BCUT2D eigenvalue weighted by atomic mass is 10.2. The fourth-order valence-electron chi connectivity index (χ4n) is 1.35. The fraction of sp³-hybridized carbons (Fsp3) is 0.583. The molecule has 0 aliphatic rings. The Morgan fingerprint density at radius 2 is 2.19 bits per heavy atom. The number of hydrogen-bond acceptors (Lipinski definition) is 4. The van der Waals surface area contributed by atoms with E-state index < -0.39 is 0 Å². The van der Waals surface area contributed by atoms with Gasteiger partial charge in [0.2, 0.25) is 0 Å². The normalized spacial score (nSPS) is 10.2. The van der Waals surface area contributed by atoms with Gasteiger partial charge >= 0.3 is 5.97 Å². The van der Waals surface area contributed by atoms with Gasteiger partial charge in [-0.25, -0.2) is 4.79 Å². The quantitative estimate of drug-likeness (QED) is 0.776. The van der Waals surface area contributed by atoms with Crippen LogP contribution in [0.15, 0.2) is 6.07 Å². The average Bonchev–Trinajstić information content (AvgIpc) is 2.70. The van der Waals surface area contributed by atoms with E-state index in [-0.39, 0.29) is 5.97 Å². The molecule has 0 spiro atoms. The van der Waals surface area contributed by atoms with Crippen molar-refractivity contribution in [2.24, 2.45) is 0 Å². The average molecular weight is 241 g/mol. The second-order valence-corrected chi connectivity index (χ2v) is 4.59. The highest BCUT2D eigenvalue weighted by Gasteiger charge is 2.16. The topological polar surface area (TPSA) is 38.3 Å². The number of carbonyl (C=O) groups is 1. The van der Waals surface area contributed by atoms with Gasteiger partial charge in [-0.2, -0.15) is 0 Å². The maximum atomic E-state index is 11.7. The summed E-state index contributed by atoms with van der Waals surface area (Å²) >= 11 is 1.64. The number of carbonyl (C=O) groups excluding carboxylic acids is 1. The van der Waals surface area contributed by atoms with Crippen molar-refractivity contribution in [2.75, 3.05) is 18.5 Å². The Hall–Kier alpha value is -1.03. The third-order valence-electron chi connectivity index (χ3n) is 2.16. The molecule has 1 N–H and O–H groups in total. The maximum Gasteiger partial charge on any atom is 0.341 e. The second-order valence-electron chi connectivity index (χ2n) is 3.46. The molecule has 1 aromatic heterocycles. The molecule has 90 valence electrons. The van der Waals surface area contributed by atoms with Gasteiger partial charge in [0.25, 0.3) is 0 Å². The summed E-state index contributed by atoms with van der Waals surface area (Å²) in [6, 6.07) is 1.93. The van der Waals surface area contributed by atoms with E-state index in [1.807, 2.05) is 13.0 Å². The highest BCUT2D eigenvalue weighted by molar-refractivity contribution is 7.16. The SMILES string of the molecule is CCCNc1sc(CC)cc1C(=O)OCC. The van der Waals surface area contributed by atoms with Gasteiger partial charge in [0.15, 0.2) is 0 Å². The number of nitrogens with one attached hydrogen (secondary N) is 1. The van der Waals surface area contributed by atoms with Crippen LogP contribution < -0.4 is 5.32 Å². The molecule has 0 aliphatic carbocycles. The van der Waals surface area contributed by atoms with E-state index in [1.165, 1.54) is 4.88 Å².